The molecule has 4 N–H and O–H groups in total. The van der Waals surface area contributed by atoms with Crippen molar-refractivity contribution < 1.29 is 0 Å². The zero-order chi connectivity index (χ0) is 18.2. The van der Waals surface area contributed by atoms with Gasteiger partial charge in [-0.3, -0.25) is 15.4 Å². The highest BCUT2D eigenvalue weighted by atomic mass is 15.3. The van der Waals surface area contributed by atoms with Crippen LogP contribution in [0, 0.1) is 5.41 Å². The molecule has 1 fully saturated rings. The minimum Gasteiger partial charge on any atom is -0.387 e. The summed E-state index contributed by atoms with van der Waals surface area (Å²) in [7, 11) is 4.19. The number of hydrogen-bond acceptors (Lipinski definition) is 5. The molecule has 1 aromatic rings. The molecule has 25 heavy (non-hydrogen) atoms. The number of aliphatic imine (C=N–C) groups is 1. The first-order valence-electron chi connectivity index (χ1n) is 9.04. The fourth-order valence-electron chi connectivity index (χ4n) is 2.86. The number of H-pyrrole nitrogens is 1. The SMILES string of the molecule is CCCc1cc(N=C(N)CC(=N)N2CCN(CCN(C)C)CC2)n[nH]1. The summed E-state index contributed by atoms with van der Waals surface area (Å²) in [4.78, 5) is 11.1. The first-order valence-corrected chi connectivity index (χ1v) is 9.04. The Labute approximate surface area is 150 Å². The molecular weight excluding hydrogens is 316 g/mol. The summed E-state index contributed by atoms with van der Waals surface area (Å²) >= 11 is 0. The molecule has 1 aromatic heterocycles. The Balaban J connectivity index is 1.78. The van der Waals surface area contributed by atoms with Crippen LogP contribution in [0.5, 0.6) is 0 Å². The third-order valence-electron chi connectivity index (χ3n) is 4.36. The Kier molecular flexibility index (Phi) is 7.39. The summed E-state index contributed by atoms with van der Waals surface area (Å²) in [6.45, 7) is 8.02. The Morgan fingerprint density at radius 3 is 2.72 bits per heavy atom. The molecule has 8 heteroatoms. The number of aryl methyl sites for hydroxylation is 1. The summed E-state index contributed by atoms with van der Waals surface area (Å²) in [5.41, 5.74) is 7.09. The van der Waals surface area contributed by atoms with E-state index in [1.165, 1.54) is 0 Å². The van der Waals surface area contributed by atoms with Gasteiger partial charge >= 0.3 is 0 Å². The Hall–Kier alpha value is -1.93. The average Bonchev–Trinajstić information content (AvgIpc) is 3.00. The van der Waals surface area contributed by atoms with Crippen molar-refractivity contribution in [3.05, 3.63) is 11.8 Å². The van der Waals surface area contributed by atoms with Crippen LogP contribution in [0.4, 0.5) is 5.82 Å². The van der Waals surface area contributed by atoms with Crippen LogP contribution in [0.3, 0.4) is 0 Å². The number of nitrogens with zero attached hydrogens (tertiary/aromatic N) is 5. The molecule has 2 rings (SSSR count). The van der Waals surface area contributed by atoms with Crippen LogP contribution in [0.15, 0.2) is 11.1 Å². The van der Waals surface area contributed by atoms with Crippen LogP contribution < -0.4 is 5.73 Å². The van der Waals surface area contributed by atoms with Crippen molar-refractivity contribution in [2.24, 2.45) is 10.7 Å². The smallest absolute Gasteiger partial charge is 0.175 e. The van der Waals surface area contributed by atoms with E-state index in [1.807, 2.05) is 6.07 Å². The van der Waals surface area contributed by atoms with Gasteiger partial charge in [-0.25, -0.2) is 4.99 Å². The van der Waals surface area contributed by atoms with Gasteiger partial charge in [0, 0.05) is 51.0 Å². The maximum atomic E-state index is 8.30. The molecule has 1 aliphatic rings. The predicted octanol–water partition coefficient (Wildman–Crippen LogP) is 0.897. The Morgan fingerprint density at radius 1 is 1.36 bits per heavy atom. The van der Waals surface area contributed by atoms with Gasteiger partial charge in [0.15, 0.2) is 5.82 Å². The summed E-state index contributed by atoms with van der Waals surface area (Å²) in [5.74, 6) is 1.58. The van der Waals surface area contributed by atoms with Crippen LogP contribution in [0.2, 0.25) is 0 Å². The van der Waals surface area contributed by atoms with Gasteiger partial charge in [0.25, 0.3) is 0 Å². The zero-order valence-corrected chi connectivity index (χ0v) is 15.8. The van der Waals surface area contributed by atoms with Crippen molar-refractivity contribution in [1.29, 1.82) is 5.41 Å². The molecule has 0 bridgehead atoms. The van der Waals surface area contributed by atoms with Gasteiger partial charge in [0.2, 0.25) is 0 Å². The molecule has 0 atom stereocenters. The van der Waals surface area contributed by atoms with E-state index in [0.717, 1.165) is 57.8 Å². The topological polar surface area (TPSA) is 101 Å². The zero-order valence-electron chi connectivity index (χ0n) is 15.8. The monoisotopic (exact) mass is 348 g/mol. The highest BCUT2D eigenvalue weighted by molar-refractivity contribution is 6.01. The quantitative estimate of drug-likeness (QED) is 0.479. The maximum absolute atomic E-state index is 8.30. The standard InChI is InChI=1S/C17H32N8/c1-4-5-14-12-17(22-21-14)20-15(18)13-16(19)25-10-8-24(9-11-25)7-6-23(2)3/h12,19H,4-11,13H2,1-3H3,(H3,18,20,21,22). The second-order valence-electron chi connectivity index (χ2n) is 6.86. The molecule has 0 aromatic carbocycles. The van der Waals surface area contributed by atoms with Crippen molar-refractivity contribution in [1.82, 2.24) is 24.9 Å². The fraction of sp³-hybridized carbons (Fsp3) is 0.706. The third-order valence-corrected chi connectivity index (χ3v) is 4.36. The van der Waals surface area contributed by atoms with E-state index >= 15 is 0 Å². The number of amidine groups is 2. The normalized spacial score (nSPS) is 16.6. The summed E-state index contributed by atoms with van der Waals surface area (Å²) < 4.78 is 0. The van der Waals surface area contributed by atoms with Crippen LogP contribution >= 0.6 is 0 Å². The lowest BCUT2D eigenvalue weighted by molar-refractivity contribution is 0.168. The number of hydrogen-bond donors (Lipinski definition) is 3. The molecule has 140 valence electrons. The third kappa shape index (κ3) is 6.47. The highest BCUT2D eigenvalue weighted by Gasteiger charge is 2.19. The van der Waals surface area contributed by atoms with Crippen molar-refractivity contribution >= 4 is 17.5 Å². The maximum Gasteiger partial charge on any atom is 0.175 e. The van der Waals surface area contributed by atoms with E-state index in [1.54, 1.807) is 0 Å². The number of aromatic nitrogens is 2. The predicted molar refractivity (Wildman–Crippen MR) is 103 cm³/mol. The van der Waals surface area contributed by atoms with Crippen molar-refractivity contribution in [2.45, 2.75) is 26.2 Å². The number of nitrogens with two attached hydrogens (primary N) is 1. The summed E-state index contributed by atoms with van der Waals surface area (Å²) in [6.07, 6.45) is 2.38. The first-order chi connectivity index (χ1) is 12.0. The number of rotatable bonds is 8. The molecule has 0 amide bonds. The van der Waals surface area contributed by atoms with E-state index in [4.69, 9.17) is 11.1 Å². The van der Waals surface area contributed by atoms with Gasteiger partial charge in [-0.1, -0.05) is 13.3 Å². The Morgan fingerprint density at radius 2 is 2.08 bits per heavy atom. The summed E-state index contributed by atoms with van der Waals surface area (Å²) in [6, 6.07) is 1.92. The molecule has 1 saturated heterocycles. The van der Waals surface area contributed by atoms with Gasteiger partial charge in [0.1, 0.15) is 11.7 Å². The Bertz CT molecular complexity index is 569. The van der Waals surface area contributed by atoms with Gasteiger partial charge < -0.3 is 15.5 Å². The second kappa shape index (κ2) is 9.53. The van der Waals surface area contributed by atoms with E-state index < -0.39 is 0 Å². The lowest BCUT2D eigenvalue weighted by atomic mass is 10.2. The minimum atomic E-state index is 0.369. The van der Waals surface area contributed by atoms with E-state index in [9.17, 15) is 0 Å². The molecule has 0 radical (unpaired) electrons. The average molecular weight is 348 g/mol. The lowest BCUT2D eigenvalue weighted by Gasteiger charge is -2.36. The highest BCUT2D eigenvalue weighted by Crippen LogP contribution is 2.11. The molecule has 0 aliphatic carbocycles. The van der Waals surface area contributed by atoms with Gasteiger partial charge in [-0.2, -0.15) is 5.10 Å². The van der Waals surface area contributed by atoms with Crippen LogP contribution in [-0.4, -0.2) is 89.9 Å². The van der Waals surface area contributed by atoms with Crippen LogP contribution in [0.1, 0.15) is 25.5 Å². The van der Waals surface area contributed by atoms with Crippen molar-refractivity contribution in [3.8, 4) is 0 Å². The summed E-state index contributed by atoms with van der Waals surface area (Å²) in [5, 5.41) is 15.4. The molecule has 0 saturated carbocycles. The van der Waals surface area contributed by atoms with E-state index in [0.29, 0.717) is 23.9 Å². The van der Waals surface area contributed by atoms with E-state index in [-0.39, 0.29) is 0 Å². The van der Waals surface area contributed by atoms with Gasteiger partial charge in [0.05, 0.1) is 6.42 Å². The first kappa shape index (κ1) is 19.4. The van der Waals surface area contributed by atoms with Crippen molar-refractivity contribution in [3.63, 3.8) is 0 Å². The molecule has 8 nitrogen and oxygen atoms in total. The van der Waals surface area contributed by atoms with Crippen molar-refractivity contribution in [2.75, 3.05) is 53.4 Å². The molecule has 0 spiro atoms. The number of nitrogens with one attached hydrogen (secondary N) is 2. The molecule has 2 heterocycles. The molecule has 0 unspecified atom stereocenters. The fourth-order valence-corrected chi connectivity index (χ4v) is 2.86. The van der Waals surface area contributed by atoms with Gasteiger partial charge in [-0.05, 0) is 20.5 Å². The van der Waals surface area contributed by atoms with E-state index in [2.05, 4.69) is 50.9 Å². The van der Waals surface area contributed by atoms with Gasteiger partial charge in [-0.15, -0.1) is 0 Å². The minimum absolute atomic E-state index is 0.369. The second-order valence-corrected chi connectivity index (χ2v) is 6.86. The van der Waals surface area contributed by atoms with Crippen LogP contribution in [-0.2, 0) is 6.42 Å². The van der Waals surface area contributed by atoms with Crippen LogP contribution in [0.25, 0.3) is 0 Å². The number of aromatic amines is 1. The number of likely N-dealkylation sites (N-methyl/N-ethyl adjacent to an activating group) is 1. The molecule has 1 aliphatic heterocycles. The lowest BCUT2D eigenvalue weighted by Crippen LogP contribution is -2.50. The number of piperazine rings is 1. The largest absolute Gasteiger partial charge is 0.387 e. The molecular formula is C17H32N8.